The summed E-state index contributed by atoms with van der Waals surface area (Å²) in [6.45, 7) is -5.19. The lowest BCUT2D eigenvalue weighted by Gasteiger charge is -2.07. The van der Waals surface area contributed by atoms with Crippen molar-refractivity contribution in [2.24, 2.45) is 0 Å². The van der Waals surface area contributed by atoms with E-state index in [1.54, 1.807) is 0 Å². The third-order valence-electron chi connectivity index (χ3n) is 1.59. The first-order valence-corrected chi connectivity index (χ1v) is 3.87. The maximum Gasteiger partial charge on any atom is 0.502 e. The first-order chi connectivity index (χ1) is 6.81. The molecule has 1 aromatic carbocycles. The Bertz CT molecular complexity index is 399. The van der Waals surface area contributed by atoms with Gasteiger partial charge in [-0.1, -0.05) is 6.08 Å². The highest BCUT2D eigenvalue weighted by molar-refractivity contribution is 6.64. The fourth-order valence-electron chi connectivity index (χ4n) is 0.898. The Kier molecular flexibility index (Phi) is 3.02. The number of hydrogen-bond donors (Lipinski definition) is 1. The fourth-order valence-corrected chi connectivity index (χ4v) is 0.898. The Morgan fingerprint density at radius 2 is 1.73 bits per heavy atom. The van der Waals surface area contributed by atoms with Gasteiger partial charge in [-0.25, -0.2) is 8.78 Å². The molecule has 0 unspecified atom stereocenters. The molecule has 0 fully saturated rings. The topological polar surface area (TPSA) is 20.2 Å². The van der Waals surface area contributed by atoms with Crippen LogP contribution < -0.4 is 0 Å². The third-order valence-corrected chi connectivity index (χ3v) is 1.59. The van der Waals surface area contributed by atoms with Gasteiger partial charge in [0.2, 0.25) is 0 Å². The van der Waals surface area contributed by atoms with Crippen LogP contribution in [0.3, 0.4) is 0 Å². The Morgan fingerprint density at radius 1 is 1.13 bits per heavy atom. The maximum absolute atomic E-state index is 12.9. The van der Waals surface area contributed by atoms with Crippen molar-refractivity contribution in [1.82, 2.24) is 0 Å². The molecule has 0 aliphatic rings. The molecule has 0 spiro atoms. The second kappa shape index (κ2) is 3.92. The van der Waals surface area contributed by atoms with Crippen molar-refractivity contribution < 1.29 is 26.8 Å². The largest absolute Gasteiger partial charge is 0.503 e. The van der Waals surface area contributed by atoms with Gasteiger partial charge >= 0.3 is 6.98 Å². The van der Waals surface area contributed by atoms with E-state index in [1.807, 2.05) is 0 Å². The Morgan fingerprint density at radius 3 is 2.27 bits per heavy atom. The average Bonchev–Trinajstić information content (AvgIpc) is 2.12. The minimum absolute atomic E-state index is 0.143. The Labute approximate surface area is 81.9 Å². The van der Waals surface area contributed by atoms with Crippen molar-refractivity contribution >= 4 is 13.1 Å². The summed E-state index contributed by atoms with van der Waals surface area (Å²) >= 11 is 0. The molecule has 0 saturated carbocycles. The zero-order chi connectivity index (χ0) is 11.6. The van der Waals surface area contributed by atoms with Gasteiger partial charge in [-0.2, -0.15) is 0 Å². The van der Waals surface area contributed by atoms with Crippen molar-refractivity contribution in [2.45, 2.75) is 0 Å². The second-order valence-electron chi connectivity index (χ2n) is 2.78. The van der Waals surface area contributed by atoms with Crippen LogP contribution in [0.2, 0.25) is 0 Å². The summed E-state index contributed by atoms with van der Waals surface area (Å²) in [5, 5.41) is 8.76. The molecule has 0 heterocycles. The molecule has 15 heavy (non-hydrogen) atoms. The molecule has 0 saturated heterocycles. The van der Waals surface area contributed by atoms with Gasteiger partial charge in [0.1, 0.15) is 0 Å². The van der Waals surface area contributed by atoms with Crippen LogP contribution in [0.5, 0.6) is 5.75 Å². The summed E-state index contributed by atoms with van der Waals surface area (Å²) in [4.78, 5) is 0. The van der Waals surface area contributed by atoms with Crippen LogP contribution in [-0.4, -0.2) is 12.1 Å². The molecule has 0 radical (unpaired) electrons. The number of halogens is 5. The smallest absolute Gasteiger partial charge is 0.502 e. The molecule has 1 nitrogen and oxygen atoms in total. The van der Waals surface area contributed by atoms with Gasteiger partial charge in [0, 0.05) is 5.56 Å². The zero-order valence-electron chi connectivity index (χ0n) is 7.22. The SMILES string of the molecule is Oc1c(F)ccc(/C=C/[B-](F)(F)F)c1F. The van der Waals surface area contributed by atoms with Crippen molar-refractivity contribution in [3.63, 3.8) is 0 Å². The van der Waals surface area contributed by atoms with Gasteiger partial charge in [0.05, 0.1) is 0 Å². The summed E-state index contributed by atoms with van der Waals surface area (Å²) in [6, 6.07) is 1.49. The number of benzene rings is 1. The van der Waals surface area contributed by atoms with Crippen molar-refractivity contribution in [3.8, 4) is 5.75 Å². The lowest BCUT2D eigenvalue weighted by molar-refractivity contribution is 0.395. The molecular formula is C8H5BF5O-. The highest BCUT2D eigenvalue weighted by Crippen LogP contribution is 2.24. The first kappa shape index (κ1) is 11.5. The summed E-state index contributed by atoms with van der Waals surface area (Å²) < 4.78 is 60.7. The predicted octanol–water partition coefficient (Wildman–Crippen LogP) is 3.07. The van der Waals surface area contributed by atoms with Crippen LogP contribution >= 0.6 is 0 Å². The molecule has 7 heteroatoms. The van der Waals surface area contributed by atoms with Crippen LogP contribution in [0, 0.1) is 11.6 Å². The molecule has 82 valence electrons. The number of rotatable bonds is 2. The molecule has 1 aromatic rings. The van der Waals surface area contributed by atoms with E-state index in [-0.39, 0.29) is 5.98 Å². The third kappa shape index (κ3) is 2.97. The quantitative estimate of drug-likeness (QED) is 0.603. The molecular weight excluding hydrogens is 218 g/mol. The number of aromatic hydroxyl groups is 1. The molecule has 0 aromatic heterocycles. The molecule has 0 amide bonds. The molecule has 0 aliphatic carbocycles. The summed E-state index contributed by atoms with van der Waals surface area (Å²) in [5.41, 5.74) is -0.520. The van der Waals surface area contributed by atoms with Gasteiger partial charge in [0.15, 0.2) is 17.4 Å². The Hall–Kier alpha value is -1.53. The Balaban J connectivity index is 3.08. The van der Waals surface area contributed by atoms with Crippen LogP contribution in [0.1, 0.15) is 5.56 Å². The molecule has 0 atom stereocenters. The highest BCUT2D eigenvalue weighted by atomic mass is 19.4. The van der Waals surface area contributed by atoms with Crippen molar-refractivity contribution in [2.75, 3.05) is 0 Å². The minimum atomic E-state index is -5.19. The average molecular weight is 223 g/mol. The zero-order valence-corrected chi connectivity index (χ0v) is 7.22. The van der Waals surface area contributed by atoms with Gasteiger partial charge < -0.3 is 18.1 Å². The van der Waals surface area contributed by atoms with E-state index < -0.39 is 29.9 Å². The lowest BCUT2D eigenvalue weighted by Crippen LogP contribution is -2.09. The standard InChI is InChI=1S/C8H5BF5O/c10-6-2-1-5(7(11)8(6)15)3-4-9(12,13)14/h1-4,15H/q-1/b4-3+. The van der Waals surface area contributed by atoms with Crippen LogP contribution in [0.15, 0.2) is 18.1 Å². The van der Waals surface area contributed by atoms with Crippen LogP contribution in [0.4, 0.5) is 21.7 Å². The summed E-state index contributed by atoms with van der Waals surface area (Å²) in [7, 11) is 0. The second-order valence-corrected chi connectivity index (χ2v) is 2.78. The predicted molar refractivity (Wildman–Crippen MR) is 46.1 cm³/mol. The fraction of sp³-hybridized carbons (Fsp3) is 0. The van der Waals surface area contributed by atoms with Crippen molar-refractivity contribution in [1.29, 1.82) is 0 Å². The molecule has 1 rings (SSSR count). The van der Waals surface area contributed by atoms with E-state index >= 15 is 0 Å². The van der Waals surface area contributed by atoms with E-state index in [1.165, 1.54) is 0 Å². The lowest BCUT2D eigenvalue weighted by atomic mass is 9.90. The van der Waals surface area contributed by atoms with Gasteiger partial charge in [-0.15, -0.1) is 5.98 Å². The first-order valence-electron chi connectivity index (χ1n) is 3.87. The molecule has 0 aliphatic heterocycles. The monoisotopic (exact) mass is 223 g/mol. The normalized spacial score (nSPS) is 12.3. The highest BCUT2D eigenvalue weighted by Gasteiger charge is 2.18. The number of phenols is 1. The minimum Gasteiger partial charge on any atom is -0.503 e. The molecule has 1 N–H and O–H groups in total. The number of phenolic OH excluding ortho intramolecular Hbond substituents is 1. The van der Waals surface area contributed by atoms with E-state index in [4.69, 9.17) is 5.11 Å². The van der Waals surface area contributed by atoms with Gasteiger partial charge in [0.25, 0.3) is 0 Å². The van der Waals surface area contributed by atoms with Crippen molar-refractivity contribution in [3.05, 3.63) is 35.3 Å². The van der Waals surface area contributed by atoms with E-state index in [0.29, 0.717) is 12.1 Å². The van der Waals surface area contributed by atoms with Crippen LogP contribution in [-0.2, 0) is 0 Å². The summed E-state index contributed by atoms with van der Waals surface area (Å²) in [5.74, 6) is -4.06. The summed E-state index contributed by atoms with van der Waals surface area (Å²) in [6.07, 6.45) is 0.439. The van der Waals surface area contributed by atoms with E-state index in [0.717, 1.165) is 6.07 Å². The van der Waals surface area contributed by atoms with Crippen LogP contribution in [0.25, 0.3) is 6.08 Å². The van der Waals surface area contributed by atoms with Gasteiger partial charge in [-0.3, -0.25) is 0 Å². The van der Waals surface area contributed by atoms with E-state index in [2.05, 4.69) is 0 Å². The van der Waals surface area contributed by atoms with Gasteiger partial charge in [-0.05, 0) is 12.1 Å². The maximum atomic E-state index is 12.9. The number of hydrogen-bond acceptors (Lipinski definition) is 1. The van der Waals surface area contributed by atoms with E-state index in [9.17, 15) is 21.7 Å². The molecule has 0 bridgehead atoms.